The minimum Gasteiger partial charge on any atom is -0.373 e. The van der Waals surface area contributed by atoms with E-state index in [0.717, 1.165) is 23.0 Å². The smallest absolute Gasteiger partial charge is 0.137 e. The SMILES string of the molecule is CNc1nc(C2CC2)nc(N(C)C(C)CCSC)c1C. The van der Waals surface area contributed by atoms with Crippen molar-refractivity contribution in [3.05, 3.63) is 11.4 Å². The quantitative estimate of drug-likeness (QED) is 0.836. The lowest BCUT2D eigenvalue weighted by Crippen LogP contribution is -2.31. The maximum atomic E-state index is 4.84. The van der Waals surface area contributed by atoms with Crippen LogP contribution in [-0.2, 0) is 0 Å². The van der Waals surface area contributed by atoms with Crippen molar-refractivity contribution in [2.45, 2.75) is 45.1 Å². The van der Waals surface area contributed by atoms with Crippen LogP contribution in [0.5, 0.6) is 0 Å². The molecular weight excluding hydrogens is 268 g/mol. The van der Waals surface area contributed by atoms with Gasteiger partial charge in [0, 0.05) is 31.6 Å². The lowest BCUT2D eigenvalue weighted by Gasteiger charge is -2.28. The van der Waals surface area contributed by atoms with E-state index in [-0.39, 0.29) is 0 Å². The average Bonchev–Trinajstić information content (AvgIpc) is 3.28. The molecule has 1 saturated carbocycles. The van der Waals surface area contributed by atoms with E-state index in [1.165, 1.54) is 25.0 Å². The number of rotatable bonds is 7. The molecule has 20 heavy (non-hydrogen) atoms. The second-order valence-corrected chi connectivity index (χ2v) is 6.63. The molecule has 0 radical (unpaired) electrons. The van der Waals surface area contributed by atoms with Gasteiger partial charge in [0.25, 0.3) is 0 Å². The second kappa shape index (κ2) is 6.66. The lowest BCUT2D eigenvalue weighted by molar-refractivity contribution is 0.657. The Kier molecular flexibility index (Phi) is 5.13. The maximum Gasteiger partial charge on any atom is 0.137 e. The Morgan fingerprint density at radius 3 is 2.65 bits per heavy atom. The third-order valence-electron chi connectivity index (χ3n) is 4.05. The Bertz CT molecular complexity index is 459. The van der Waals surface area contributed by atoms with E-state index >= 15 is 0 Å². The summed E-state index contributed by atoms with van der Waals surface area (Å²) in [6.45, 7) is 4.38. The molecule has 1 unspecified atom stereocenters. The van der Waals surface area contributed by atoms with E-state index in [1.54, 1.807) is 0 Å². The topological polar surface area (TPSA) is 41.1 Å². The van der Waals surface area contributed by atoms with Crippen LogP contribution in [0.1, 0.15) is 43.5 Å². The molecule has 4 nitrogen and oxygen atoms in total. The van der Waals surface area contributed by atoms with Crippen molar-refractivity contribution >= 4 is 23.4 Å². The van der Waals surface area contributed by atoms with Gasteiger partial charge in [0.1, 0.15) is 17.5 Å². The van der Waals surface area contributed by atoms with Gasteiger partial charge < -0.3 is 10.2 Å². The van der Waals surface area contributed by atoms with Crippen molar-refractivity contribution in [3.8, 4) is 0 Å². The highest BCUT2D eigenvalue weighted by Crippen LogP contribution is 2.40. The number of aromatic nitrogens is 2. The van der Waals surface area contributed by atoms with E-state index < -0.39 is 0 Å². The molecule has 1 aromatic heterocycles. The third kappa shape index (κ3) is 3.37. The molecule has 1 atom stereocenters. The van der Waals surface area contributed by atoms with E-state index in [9.17, 15) is 0 Å². The number of nitrogens with one attached hydrogen (secondary N) is 1. The highest BCUT2D eigenvalue weighted by molar-refractivity contribution is 7.98. The number of nitrogens with zero attached hydrogens (tertiary/aromatic N) is 3. The van der Waals surface area contributed by atoms with E-state index in [2.05, 4.69) is 42.4 Å². The van der Waals surface area contributed by atoms with Crippen LogP contribution in [-0.4, -0.2) is 42.1 Å². The predicted molar refractivity (Wildman–Crippen MR) is 89.2 cm³/mol. The second-order valence-electron chi connectivity index (χ2n) is 5.64. The Balaban J connectivity index is 2.26. The Morgan fingerprint density at radius 1 is 1.40 bits per heavy atom. The van der Waals surface area contributed by atoms with E-state index in [0.29, 0.717) is 12.0 Å². The zero-order chi connectivity index (χ0) is 14.7. The van der Waals surface area contributed by atoms with Gasteiger partial charge in [-0.2, -0.15) is 11.8 Å². The van der Waals surface area contributed by atoms with Crippen LogP contribution < -0.4 is 10.2 Å². The highest BCUT2D eigenvalue weighted by Gasteiger charge is 2.29. The van der Waals surface area contributed by atoms with Crippen LogP contribution in [0.3, 0.4) is 0 Å². The molecule has 0 bridgehead atoms. The zero-order valence-electron chi connectivity index (χ0n) is 13.2. The summed E-state index contributed by atoms with van der Waals surface area (Å²) in [6.07, 6.45) is 5.80. The van der Waals surface area contributed by atoms with Crippen LogP contribution in [0.2, 0.25) is 0 Å². The normalized spacial score (nSPS) is 16.1. The summed E-state index contributed by atoms with van der Waals surface area (Å²) in [7, 11) is 4.09. The summed E-state index contributed by atoms with van der Waals surface area (Å²) >= 11 is 1.90. The Labute approximate surface area is 126 Å². The minimum atomic E-state index is 0.493. The van der Waals surface area contributed by atoms with Gasteiger partial charge in [-0.05, 0) is 45.1 Å². The van der Waals surface area contributed by atoms with Crippen LogP contribution in [0.25, 0.3) is 0 Å². The number of hydrogen-bond acceptors (Lipinski definition) is 5. The molecule has 0 aliphatic heterocycles. The molecular formula is C15H26N4S. The number of hydrogen-bond donors (Lipinski definition) is 1. The van der Waals surface area contributed by atoms with Gasteiger partial charge in [-0.25, -0.2) is 9.97 Å². The molecule has 2 rings (SSSR count). The van der Waals surface area contributed by atoms with Gasteiger partial charge in [0.15, 0.2) is 0 Å². The molecule has 1 heterocycles. The molecule has 1 aromatic rings. The van der Waals surface area contributed by atoms with Crippen molar-refractivity contribution in [1.82, 2.24) is 9.97 Å². The molecule has 1 N–H and O–H groups in total. The van der Waals surface area contributed by atoms with Gasteiger partial charge in [0.2, 0.25) is 0 Å². The monoisotopic (exact) mass is 294 g/mol. The van der Waals surface area contributed by atoms with Crippen LogP contribution in [0.15, 0.2) is 0 Å². The first-order valence-electron chi connectivity index (χ1n) is 7.36. The van der Waals surface area contributed by atoms with Crippen molar-refractivity contribution < 1.29 is 0 Å². The average molecular weight is 294 g/mol. The standard InChI is InChI=1S/C15H26N4S/c1-10(8-9-20-5)19(4)15-11(2)13(16-3)17-14(18-15)12-6-7-12/h10,12H,6-9H2,1-5H3,(H,16,17,18). The first-order valence-corrected chi connectivity index (χ1v) is 8.75. The fraction of sp³-hybridized carbons (Fsp3) is 0.733. The van der Waals surface area contributed by atoms with Gasteiger partial charge in [-0.1, -0.05) is 0 Å². The van der Waals surface area contributed by atoms with Crippen molar-refractivity contribution in [1.29, 1.82) is 0 Å². The first kappa shape index (κ1) is 15.4. The molecule has 1 fully saturated rings. The van der Waals surface area contributed by atoms with E-state index in [1.807, 2.05) is 18.8 Å². The van der Waals surface area contributed by atoms with Gasteiger partial charge in [-0.3, -0.25) is 0 Å². The molecule has 1 aliphatic rings. The van der Waals surface area contributed by atoms with Crippen LogP contribution in [0, 0.1) is 6.92 Å². The summed E-state index contributed by atoms with van der Waals surface area (Å²) < 4.78 is 0. The largest absolute Gasteiger partial charge is 0.373 e. The summed E-state index contributed by atoms with van der Waals surface area (Å²) in [5.41, 5.74) is 1.15. The molecule has 1 aliphatic carbocycles. The fourth-order valence-corrected chi connectivity index (χ4v) is 2.90. The Morgan fingerprint density at radius 2 is 2.10 bits per heavy atom. The first-order chi connectivity index (χ1) is 9.58. The van der Waals surface area contributed by atoms with Crippen LogP contribution >= 0.6 is 11.8 Å². The minimum absolute atomic E-state index is 0.493. The number of thioether (sulfide) groups is 1. The highest BCUT2D eigenvalue weighted by atomic mass is 32.2. The van der Waals surface area contributed by atoms with Crippen LogP contribution in [0.4, 0.5) is 11.6 Å². The summed E-state index contributed by atoms with van der Waals surface area (Å²) in [6, 6.07) is 0.493. The number of anilines is 2. The van der Waals surface area contributed by atoms with Gasteiger partial charge in [0.05, 0.1) is 0 Å². The van der Waals surface area contributed by atoms with Gasteiger partial charge >= 0.3 is 0 Å². The van der Waals surface area contributed by atoms with Crippen molar-refractivity contribution in [3.63, 3.8) is 0 Å². The van der Waals surface area contributed by atoms with Gasteiger partial charge in [-0.15, -0.1) is 0 Å². The zero-order valence-corrected chi connectivity index (χ0v) is 14.0. The Hall–Kier alpha value is -0.970. The fourth-order valence-electron chi connectivity index (χ4n) is 2.32. The predicted octanol–water partition coefficient (Wildman–Crippen LogP) is 3.28. The third-order valence-corrected chi connectivity index (χ3v) is 4.70. The molecule has 112 valence electrons. The molecule has 5 heteroatoms. The molecule has 0 aromatic carbocycles. The molecule has 0 amide bonds. The maximum absolute atomic E-state index is 4.84. The van der Waals surface area contributed by atoms with Crippen molar-refractivity contribution in [2.75, 3.05) is 36.3 Å². The van der Waals surface area contributed by atoms with Crippen molar-refractivity contribution in [2.24, 2.45) is 0 Å². The summed E-state index contributed by atoms with van der Waals surface area (Å²) in [5.74, 6) is 4.83. The molecule has 0 saturated heterocycles. The summed E-state index contributed by atoms with van der Waals surface area (Å²) in [5, 5.41) is 3.21. The lowest BCUT2D eigenvalue weighted by atomic mass is 10.2. The summed E-state index contributed by atoms with van der Waals surface area (Å²) in [4.78, 5) is 11.8. The van der Waals surface area contributed by atoms with E-state index in [4.69, 9.17) is 4.98 Å². The molecule has 0 spiro atoms.